The minimum atomic E-state index is -0.784. The standard InChI is InChI=1S/C12H20N2O3/c1-3-6-13-10(15)8-14-7-4-5-12(2,9-14)11(16)17/h3H,1,4-9H2,2H3,(H,13,15)(H,16,17). The molecule has 1 heterocycles. The molecule has 0 bridgehead atoms. The number of nitrogens with zero attached hydrogens (tertiary/aromatic N) is 1. The quantitative estimate of drug-likeness (QED) is 0.686. The van der Waals surface area contributed by atoms with E-state index >= 15 is 0 Å². The number of nitrogens with one attached hydrogen (secondary N) is 1. The molecule has 0 saturated carbocycles. The van der Waals surface area contributed by atoms with Crippen molar-refractivity contribution in [1.29, 1.82) is 0 Å². The zero-order valence-corrected chi connectivity index (χ0v) is 10.2. The summed E-state index contributed by atoms with van der Waals surface area (Å²) in [7, 11) is 0. The molecule has 1 amide bonds. The van der Waals surface area contributed by atoms with E-state index in [1.807, 2.05) is 4.90 Å². The third-order valence-corrected chi connectivity index (χ3v) is 3.10. The Balaban J connectivity index is 2.47. The Morgan fingerprint density at radius 1 is 1.59 bits per heavy atom. The normalized spacial score (nSPS) is 25.2. The largest absolute Gasteiger partial charge is 0.481 e. The summed E-state index contributed by atoms with van der Waals surface area (Å²) in [5.74, 6) is -0.867. The van der Waals surface area contributed by atoms with Crippen LogP contribution < -0.4 is 5.32 Å². The summed E-state index contributed by atoms with van der Waals surface area (Å²) in [6.07, 6.45) is 3.11. The van der Waals surface area contributed by atoms with Crippen LogP contribution in [0, 0.1) is 5.41 Å². The lowest BCUT2D eigenvalue weighted by atomic mass is 9.82. The summed E-state index contributed by atoms with van der Waals surface area (Å²) in [4.78, 5) is 24.5. The minimum absolute atomic E-state index is 0.0838. The highest BCUT2D eigenvalue weighted by molar-refractivity contribution is 5.78. The molecule has 96 valence electrons. The van der Waals surface area contributed by atoms with Crippen molar-refractivity contribution in [3.8, 4) is 0 Å². The van der Waals surface area contributed by atoms with Crippen LogP contribution in [0.15, 0.2) is 12.7 Å². The van der Waals surface area contributed by atoms with Gasteiger partial charge in [-0.15, -0.1) is 6.58 Å². The van der Waals surface area contributed by atoms with Gasteiger partial charge in [-0.05, 0) is 26.3 Å². The monoisotopic (exact) mass is 240 g/mol. The number of likely N-dealkylation sites (tertiary alicyclic amines) is 1. The molecule has 1 aliphatic heterocycles. The van der Waals surface area contributed by atoms with Gasteiger partial charge < -0.3 is 10.4 Å². The molecule has 1 unspecified atom stereocenters. The van der Waals surface area contributed by atoms with Gasteiger partial charge in [-0.2, -0.15) is 0 Å². The molecule has 1 atom stereocenters. The maximum Gasteiger partial charge on any atom is 0.310 e. The average Bonchev–Trinajstić information content (AvgIpc) is 2.26. The summed E-state index contributed by atoms with van der Waals surface area (Å²) in [6, 6.07) is 0. The molecular formula is C12H20N2O3. The predicted molar refractivity (Wildman–Crippen MR) is 64.6 cm³/mol. The van der Waals surface area contributed by atoms with Crippen molar-refractivity contribution in [3.63, 3.8) is 0 Å². The van der Waals surface area contributed by atoms with E-state index in [-0.39, 0.29) is 12.5 Å². The molecule has 5 heteroatoms. The van der Waals surface area contributed by atoms with E-state index in [1.54, 1.807) is 13.0 Å². The number of rotatable bonds is 5. The lowest BCUT2D eigenvalue weighted by Crippen LogP contribution is -2.49. The number of amides is 1. The summed E-state index contributed by atoms with van der Waals surface area (Å²) >= 11 is 0. The second kappa shape index (κ2) is 5.82. The molecule has 0 radical (unpaired) electrons. The molecule has 17 heavy (non-hydrogen) atoms. The van der Waals surface area contributed by atoms with Gasteiger partial charge in [0.05, 0.1) is 12.0 Å². The van der Waals surface area contributed by atoms with Gasteiger partial charge in [0.1, 0.15) is 0 Å². The number of carbonyl (C=O) groups is 2. The highest BCUT2D eigenvalue weighted by Crippen LogP contribution is 2.29. The van der Waals surface area contributed by atoms with Crippen molar-refractivity contribution in [2.75, 3.05) is 26.2 Å². The van der Waals surface area contributed by atoms with Crippen LogP contribution in [0.1, 0.15) is 19.8 Å². The second-order valence-corrected chi connectivity index (χ2v) is 4.77. The second-order valence-electron chi connectivity index (χ2n) is 4.77. The Morgan fingerprint density at radius 2 is 2.29 bits per heavy atom. The molecule has 1 aliphatic rings. The highest BCUT2D eigenvalue weighted by Gasteiger charge is 2.38. The van der Waals surface area contributed by atoms with Crippen molar-refractivity contribution in [3.05, 3.63) is 12.7 Å². The Labute approximate surface area is 101 Å². The lowest BCUT2D eigenvalue weighted by Gasteiger charge is -2.37. The molecule has 0 spiro atoms. The summed E-state index contributed by atoms with van der Waals surface area (Å²) in [5.41, 5.74) is -0.725. The van der Waals surface area contributed by atoms with E-state index in [2.05, 4.69) is 11.9 Å². The van der Waals surface area contributed by atoms with Gasteiger partial charge in [-0.25, -0.2) is 0 Å². The van der Waals surface area contributed by atoms with Crippen LogP contribution >= 0.6 is 0 Å². The van der Waals surface area contributed by atoms with E-state index < -0.39 is 11.4 Å². The van der Waals surface area contributed by atoms with Crippen LogP contribution in [-0.2, 0) is 9.59 Å². The maximum atomic E-state index is 11.5. The van der Waals surface area contributed by atoms with E-state index in [9.17, 15) is 9.59 Å². The van der Waals surface area contributed by atoms with Gasteiger partial charge in [-0.3, -0.25) is 14.5 Å². The average molecular weight is 240 g/mol. The fraction of sp³-hybridized carbons (Fsp3) is 0.667. The first-order chi connectivity index (χ1) is 7.98. The zero-order valence-electron chi connectivity index (χ0n) is 10.2. The first kappa shape index (κ1) is 13.7. The molecule has 1 saturated heterocycles. The van der Waals surface area contributed by atoms with Gasteiger partial charge in [0.15, 0.2) is 0 Å². The van der Waals surface area contributed by atoms with Gasteiger partial charge in [0.2, 0.25) is 5.91 Å². The fourth-order valence-electron chi connectivity index (χ4n) is 2.10. The van der Waals surface area contributed by atoms with Crippen LogP contribution in [0.3, 0.4) is 0 Å². The zero-order chi connectivity index (χ0) is 12.9. The Bertz CT molecular complexity index is 317. The molecule has 1 rings (SSSR count). The van der Waals surface area contributed by atoms with Crippen LogP contribution in [0.5, 0.6) is 0 Å². The topological polar surface area (TPSA) is 69.6 Å². The van der Waals surface area contributed by atoms with Crippen molar-refractivity contribution in [1.82, 2.24) is 10.2 Å². The van der Waals surface area contributed by atoms with E-state index in [4.69, 9.17) is 5.11 Å². The van der Waals surface area contributed by atoms with Crippen LogP contribution in [0.2, 0.25) is 0 Å². The lowest BCUT2D eigenvalue weighted by molar-refractivity contribution is -0.151. The molecule has 0 aliphatic carbocycles. The summed E-state index contributed by atoms with van der Waals surface area (Å²) in [6.45, 7) is 7.18. The molecule has 1 fully saturated rings. The van der Waals surface area contributed by atoms with E-state index in [1.165, 1.54) is 0 Å². The molecule has 0 aromatic rings. The third kappa shape index (κ3) is 3.85. The van der Waals surface area contributed by atoms with E-state index in [0.29, 0.717) is 19.5 Å². The van der Waals surface area contributed by atoms with E-state index in [0.717, 1.165) is 13.0 Å². The van der Waals surface area contributed by atoms with Gasteiger partial charge >= 0.3 is 5.97 Å². The number of carboxylic acid groups (broad SMARTS) is 1. The van der Waals surface area contributed by atoms with Crippen LogP contribution in [-0.4, -0.2) is 48.1 Å². The van der Waals surface area contributed by atoms with Crippen molar-refractivity contribution in [2.45, 2.75) is 19.8 Å². The number of hydrogen-bond donors (Lipinski definition) is 2. The molecule has 5 nitrogen and oxygen atoms in total. The van der Waals surface area contributed by atoms with Crippen molar-refractivity contribution in [2.24, 2.45) is 5.41 Å². The summed E-state index contributed by atoms with van der Waals surface area (Å²) in [5, 5.41) is 11.8. The predicted octanol–water partition coefficient (Wildman–Crippen LogP) is 0.475. The number of carboxylic acids is 1. The third-order valence-electron chi connectivity index (χ3n) is 3.10. The number of aliphatic carboxylic acids is 1. The van der Waals surface area contributed by atoms with Gasteiger partial charge in [0, 0.05) is 13.1 Å². The Morgan fingerprint density at radius 3 is 2.88 bits per heavy atom. The molecule has 2 N–H and O–H groups in total. The number of hydrogen-bond acceptors (Lipinski definition) is 3. The van der Waals surface area contributed by atoms with Crippen molar-refractivity contribution >= 4 is 11.9 Å². The van der Waals surface area contributed by atoms with Crippen LogP contribution in [0.4, 0.5) is 0 Å². The van der Waals surface area contributed by atoms with Gasteiger partial charge in [0.25, 0.3) is 0 Å². The minimum Gasteiger partial charge on any atom is -0.481 e. The number of carbonyl (C=O) groups excluding carboxylic acids is 1. The Hall–Kier alpha value is -1.36. The van der Waals surface area contributed by atoms with Crippen LogP contribution in [0.25, 0.3) is 0 Å². The first-order valence-corrected chi connectivity index (χ1v) is 5.81. The van der Waals surface area contributed by atoms with Crippen molar-refractivity contribution < 1.29 is 14.7 Å². The molecule has 0 aromatic carbocycles. The number of piperidine rings is 1. The highest BCUT2D eigenvalue weighted by atomic mass is 16.4. The SMILES string of the molecule is C=CCNC(=O)CN1CCCC(C)(C(=O)O)C1. The summed E-state index contributed by atoms with van der Waals surface area (Å²) < 4.78 is 0. The van der Waals surface area contributed by atoms with Gasteiger partial charge in [-0.1, -0.05) is 6.08 Å². The maximum absolute atomic E-state index is 11.5. The molecule has 0 aromatic heterocycles. The first-order valence-electron chi connectivity index (χ1n) is 5.81. The molecular weight excluding hydrogens is 220 g/mol. The smallest absolute Gasteiger partial charge is 0.310 e. The fourth-order valence-corrected chi connectivity index (χ4v) is 2.10. The Kier molecular flexibility index (Phi) is 4.69.